The van der Waals surface area contributed by atoms with E-state index >= 15 is 0 Å². The van der Waals surface area contributed by atoms with E-state index in [1.54, 1.807) is 0 Å². The van der Waals surface area contributed by atoms with Gasteiger partial charge in [0.15, 0.2) is 6.29 Å². The standard InChI is InChI=1S/C27H39NO5/c1-26-13-12-23-27(2,18-32-25(33-23)17-31-19-8-4-3-5-9-19)22(26)11-10-21(29)20(26)16-24(30)28-14-6-7-15-28/h3-5,8-9,20-23,25,29H,6-7,10-18H2,1-2H3/t20-,21-,22+,23-,25-,26+,27+/m1/s1. The summed E-state index contributed by atoms with van der Waals surface area (Å²) in [4.78, 5) is 15.0. The number of para-hydroxylation sites is 1. The number of fused-ring (bicyclic) bond motifs is 3. The molecule has 2 heterocycles. The highest BCUT2D eigenvalue weighted by molar-refractivity contribution is 5.76. The lowest BCUT2D eigenvalue weighted by molar-refractivity contribution is -0.313. The van der Waals surface area contributed by atoms with Gasteiger partial charge in [-0.3, -0.25) is 4.79 Å². The molecule has 1 N–H and O–H groups in total. The molecule has 2 saturated carbocycles. The van der Waals surface area contributed by atoms with E-state index in [4.69, 9.17) is 14.2 Å². The van der Waals surface area contributed by atoms with Gasteiger partial charge in [0, 0.05) is 24.9 Å². The van der Waals surface area contributed by atoms with Gasteiger partial charge in [-0.05, 0) is 67.9 Å². The Kier molecular flexibility index (Phi) is 6.45. The lowest BCUT2D eigenvalue weighted by Crippen LogP contribution is -2.63. The molecule has 6 nitrogen and oxygen atoms in total. The number of amides is 1. The van der Waals surface area contributed by atoms with E-state index < -0.39 is 6.10 Å². The topological polar surface area (TPSA) is 68.2 Å². The van der Waals surface area contributed by atoms with Crippen LogP contribution in [0.15, 0.2) is 30.3 Å². The molecular formula is C27H39NO5. The molecule has 6 heteroatoms. The van der Waals surface area contributed by atoms with Crippen LogP contribution in [0.5, 0.6) is 5.75 Å². The number of rotatable bonds is 5. The number of aliphatic hydroxyl groups excluding tert-OH is 1. The molecular weight excluding hydrogens is 418 g/mol. The van der Waals surface area contributed by atoms with Gasteiger partial charge >= 0.3 is 0 Å². The first-order valence-corrected chi connectivity index (χ1v) is 12.8. The lowest BCUT2D eigenvalue weighted by Gasteiger charge is -2.63. The fraction of sp³-hybridized carbons (Fsp3) is 0.741. The largest absolute Gasteiger partial charge is 0.488 e. The van der Waals surface area contributed by atoms with Crippen LogP contribution in [-0.2, 0) is 14.3 Å². The Labute approximate surface area is 197 Å². The summed E-state index contributed by atoms with van der Waals surface area (Å²) in [5.41, 5.74) is -0.205. The number of hydrogen-bond donors (Lipinski definition) is 1. The maximum Gasteiger partial charge on any atom is 0.222 e. The molecule has 1 amide bonds. The fourth-order valence-corrected chi connectivity index (χ4v) is 7.34. The Bertz CT molecular complexity index is 827. The van der Waals surface area contributed by atoms with Crippen LogP contribution in [0.4, 0.5) is 0 Å². The van der Waals surface area contributed by atoms with E-state index in [1.165, 1.54) is 0 Å². The van der Waals surface area contributed by atoms with Crippen LogP contribution in [0.3, 0.4) is 0 Å². The van der Waals surface area contributed by atoms with Crippen LogP contribution in [0.1, 0.15) is 58.8 Å². The van der Waals surface area contributed by atoms with Crippen molar-refractivity contribution in [3.63, 3.8) is 0 Å². The van der Waals surface area contributed by atoms with Crippen molar-refractivity contribution in [2.45, 2.75) is 77.3 Å². The quantitative estimate of drug-likeness (QED) is 0.724. The summed E-state index contributed by atoms with van der Waals surface area (Å²) in [6.07, 6.45) is 5.60. The molecule has 1 aromatic carbocycles. The molecule has 5 rings (SSSR count). The highest BCUT2D eigenvalue weighted by Gasteiger charge is 2.61. The second-order valence-electron chi connectivity index (χ2n) is 11.1. The summed E-state index contributed by atoms with van der Waals surface area (Å²) < 4.78 is 18.5. The molecule has 4 fully saturated rings. The van der Waals surface area contributed by atoms with Crippen molar-refractivity contribution in [2.24, 2.45) is 22.7 Å². The summed E-state index contributed by atoms with van der Waals surface area (Å²) in [6, 6.07) is 9.77. The smallest absolute Gasteiger partial charge is 0.222 e. The van der Waals surface area contributed by atoms with Gasteiger partial charge in [-0.25, -0.2) is 0 Å². The Morgan fingerprint density at radius 3 is 2.64 bits per heavy atom. The third-order valence-electron chi connectivity index (χ3n) is 9.21. The van der Waals surface area contributed by atoms with Crippen molar-refractivity contribution in [3.05, 3.63) is 30.3 Å². The van der Waals surface area contributed by atoms with E-state index in [2.05, 4.69) is 13.8 Å². The zero-order valence-electron chi connectivity index (χ0n) is 20.1. The highest BCUT2D eigenvalue weighted by atomic mass is 16.7. The van der Waals surface area contributed by atoms with Gasteiger partial charge in [0.2, 0.25) is 5.91 Å². The minimum absolute atomic E-state index is 0.00117. The third kappa shape index (κ3) is 4.30. The summed E-state index contributed by atoms with van der Waals surface area (Å²) in [6.45, 7) is 7.36. The van der Waals surface area contributed by atoms with Crippen molar-refractivity contribution in [3.8, 4) is 5.75 Å². The van der Waals surface area contributed by atoms with Crippen LogP contribution in [-0.4, -0.2) is 60.7 Å². The van der Waals surface area contributed by atoms with Crippen molar-refractivity contribution in [1.29, 1.82) is 0 Å². The minimum atomic E-state index is -0.407. The van der Waals surface area contributed by atoms with E-state index in [-0.39, 0.29) is 35.0 Å². The van der Waals surface area contributed by atoms with Gasteiger partial charge in [0.05, 0.1) is 18.8 Å². The first-order chi connectivity index (χ1) is 15.9. The monoisotopic (exact) mass is 457 g/mol. The van der Waals surface area contributed by atoms with Gasteiger partial charge in [0.1, 0.15) is 12.4 Å². The number of nitrogens with zero attached hydrogens (tertiary/aromatic N) is 1. The average Bonchev–Trinajstić information content (AvgIpc) is 3.36. The average molecular weight is 458 g/mol. The Morgan fingerprint density at radius 2 is 1.88 bits per heavy atom. The number of benzene rings is 1. The molecule has 0 aromatic heterocycles. The second kappa shape index (κ2) is 9.20. The maximum absolute atomic E-state index is 13.0. The molecule has 2 aliphatic carbocycles. The Balaban J connectivity index is 1.27. The van der Waals surface area contributed by atoms with Crippen molar-refractivity contribution in [1.82, 2.24) is 4.90 Å². The zero-order valence-corrected chi connectivity index (χ0v) is 20.1. The van der Waals surface area contributed by atoms with Crippen molar-refractivity contribution in [2.75, 3.05) is 26.3 Å². The van der Waals surface area contributed by atoms with E-state index in [9.17, 15) is 9.90 Å². The number of hydrogen-bond acceptors (Lipinski definition) is 5. The molecule has 7 atom stereocenters. The maximum atomic E-state index is 13.0. The fourth-order valence-electron chi connectivity index (χ4n) is 7.34. The van der Waals surface area contributed by atoms with Crippen LogP contribution >= 0.6 is 0 Å². The lowest BCUT2D eigenvalue weighted by atomic mass is 9.46. The van der Waals surface area contributed by atoms with Crippen LogP contribution in [0.25, 0.3) is 0 Å². The number of ether oxygens (including phenoxy) is 3. The Hall–Kier alpha value is -1.63. The normalized spacial score (nSPS) is 40.7. The predicted octanol–water partition coefficient (Wildman–Crippen LogP) is 4.01. The molecule has 33 heavy (non-hydrogen) atoms. The molecule has 1 aromatic rings. The summed E-state index contributed by atoms with van der Waals surface area (Å²) in [5.74, 6) is 1.40. The number of aliphatic hydroxyl groups is 1. The summed E-state index contributed by atoms with van der Waals surface area (Å²) in [5, 5.41) is 11.0. The highest BCUT2D eigenvalue weighted by Crippen LogP contribution is 2.62. The number of carbonyl (C=O) groups is 1. The number of carbonyl (C=O) groups excluding carboxylic acids is 1. The van der Waals surface area contributed by atoms with Crippen LogP contribution < -0.4 is 4.74 Å². The van der Waals surface area contributed by atoms with Gasteiger partial charge in [-0.1, -0.05) is 32.0 Å². The second-order valence-corrected chi connectivity index (χ2v) is 11.1. The molecule has 182 valence electrons. The zero-order chi connectivity index (χ0) is 23.1. The summed E-state index contributed by atoms with van der Waals surface area (Å²) >= 11 is 0. The van der Waals surface area contributed by atoms with E-state index in [1.807, 2.05) is 35.2 Å². The third-order valence-corrected chi connectivity index (χ3v) is 9.21. The SMILES string of the molecule is C[C@@]12CO[C@@H](COc3ccccc3)O[C@@H]1CC[C@]1(C)[C@@H]2CC[C@@H](O)[C@H]1CC(=O)N1CCCC1. The number of likely N-dealkylation sites (tertiary alicyclic amines) is 1. The molecule has 4 aliphatic rings. The predicted molar refractivity (Wildman–Crippen MR) is 125 cm³/mol. The van der Waals surface area contributed by atoms with E-state index in [0.717, 1.165) is 57.4 Å². The minimum Gasteiger partial charge on any atom is -0.488 e. The molecule has 2 aliphatic heterocycles. The van der Waals surface area contributed by atoms with Gasteiger partial charge in [-0.2, -0.15) is 0 Å². The van der Waals surface area contributed by atoms with Crippen molar-refractivity contribution < 1.29 is 24.1 Å². The molecule has 0 unspecified atom stereocenters. The molecule has 0 spiro atoms. The van der Waals surface area contributed by atoms with E-state index in [0.29, 0.717) is 25.6 Å². The Morgan fingerprint density at radius 1 is 1.12 bits per heavy atom. The van der Waals surface area contributed by atoms with Crippen molar-refractivity contribution >= 4 is 5.91 Å². The van der Waals surface area contributed by atoms with Gasteiger partial charge in [0.25, 0.3) is 0 Å². The molecule has 0 radical (unpaired) electrons. The van der Waals surface area contributed by atoms with Gasteiger partial charge in [-0.15, -0.1) is 0 Å². The van der Waals surface area contributed by atoms with Crippen LogP contribution in [0.2, 0.25) is 0 Å². The summed E-state index contributed by atoms with van der Waals surface area (Å²) in [7, 11) is 0. The first-order valence-electron chi connectivity index (χ1n) is 12.8. The first kappa shape index (κ1) is 23.1. The molecule has 2 saturated heterocycles. The molecule has 0 bridgehead atoms. The van der Waals surface area contributed by atoms with Crippen LogP contribution in [0, 0.1) is 22.7 Å². The van der Waals surface area contributed by atoms with Gasteiger partial charge < -0.3 is 24.2 Å².